The molecule has 3 aromatic rings. The van der Waals surface area contributed by atoms with Gasteiger partial charge in [0.25, 0.3) is 5.56 Å². The van der Waals surface area contributed by atoms with Crippen molar-refractivity contribution >= 4 is 46.6 Å². The number of aromatic nitrogens is 1. The van der Waals surface area contributed by atoms with Crippen molar-refractivity contribution in [2.75, 3.05) is 7.11 Å². The Morgan fingerprint density at radius 2 is 1.93 bits per heavy atom. The summed E-state index contributed by atoms with van der Waals surface area (Å²) in [5.74, 6) is -0.514. The summed E-state index contributed by atoms with van der Waals surface area (Å²) in [5, 5.41) is 0.959. The molecule has 2 aromatic carbocycles. The number of carbonyl (C=O) groups is 1. The van der Waals surface area contributed by atoms with E-state index in [4.69, 9.17) is 27.9 Å². The number of halogens is 2. The number of benzene rings is 2. The summed E-state index contributed by atoms with van der Waals surface area (Å²) in [6.45, 7) is 1.75. The Balaban J connectivity index is 1.98. The van der Waals surface area contributed by atoms with Crippen molar-refractivity contribution in [2.45, 2.75) is 13.0 Å². The van der Waals surface area contributed by atoms with Crippen molar-refractivity contribution in [3.05, 3.63) is 101 Å². The summed E-state index contributed by atoms with van der Waals surface area (Å²) in [4.78, 5) is 31.0. The van der Waals surface area contributed by atoms with Gasteiger partial charge in [0.05, 0.1) is 29.0 Å². The average molecular weight is 459 g/mol. The second-order valence-electron chi connectivity index (χ2n) is 6.65. The van der Waals surface area contributed by atoms with Gasteiger partial charge in [0, 0.05) is 10.0 Å². The first-order valence-electron chi connectivity index (χ1n) is 9.01. The van der Waals surface area contributed by atoms with Crippen LogP contribution in [-0.2, 0) is 9.53 Å². The van der Waals surface area contributed by atoms with Crippen LogP contribution in [0.25, 0.3) is 6.08 Å². The molecule has 0 bridgehead atoms. The van der Waals surface area contributed by atoms with Gasteiger partial charge in [-0.15, -0.1) is 0 Å². The van der Waals surface area contributed by atoms with Gasteiger partial charge in [-0.2, -0.15) is 0 Å². The third-order valence-electron chi connectivity index (χ3n) is 4.79. The third-order valence-corrected chi connectivity index (χ3v) is 6.34. The Hall–Kier alpha value is -2.67. The second-order valence-corrected chi connectivity index (χ2v) is 8.50. The van der Waals surface area contributed by atoms with Gasteiger partial charge in [0.2, 0.25) is 0 Å². The maximum atomic E-state index is 13.4. The largest absolute Gasteiger partial charge is 0.466 e. The number of esters is 1. The number of carbonyl (C=O) groups excluding carboxylic acids is 1. The lowest BCUT2D eigenvalue weighted by atomic mass is 9.96. The van der Waals surface area contributed by atoms with E-state index in [1.807, 2.05) is 30.3 Å². The smallest absolute Gasteiger partial charge is 0.338 e. The Bertz CT molecular complexity index is 1360. The summed E-state index contributed by atoms with van der Waals surface area (Å²) in [7, 11) is 1.32. The highest BCUT2D eigenvalue weighted by Crippen LogP contribution is 2.30. The molecular weight excluding hydrogens is 443 g/mol. The van der Waals surface area contributed by atoms with Gasteiger partial charge in [-0.3, -0.25) is 9.36 Å². The molecule has 0 radical (unpaired) electrons. The molecule has 1 atom stereocenters. The van der Waals surface area contributed by atoms with Crippen LogP contribution in [0, 0.1) is 0 Å². The van der Waals surface area contributed by atoms with Crippen LogP contribution in [-0.4, -0.2) is 17.6 Å². The molecule has 1 aliphatic heterocycles. The highest BCUT2D eigenvalue weighted by atomic mass is 35.5. The fourth-order valence-corrected chi connectivity index (χ4v) is 4.90. The van der Waals surface area contributed by atoms with Gasteiger partial charge in [0.1, 0.15) is 0 Å². The van der Waals surface area contributed by atoms with Crippen LogP contribution in [0.3, 0.4) is 0 Å². The zero-order valence-corrected chi connectivity index (χ0v) is 18.4. The average Bonchev–Trinajstić information content (AvgIpc) is 3.04. The molecule has 0 aliphatic carbocycles. The lowest BCUT2D eigenvalue weighted by Crippen LogP contribution is -2.39. The van der Waals surface area contributed by atoms with E-state index in [2.05, 4.69) is 4.99 Å². The summed E-state index contributed by atoms with van der Waals surface area (Å²) < 4.78 is 6.98. The van der Waals surface area contributed by atoms with Crippen molar-refractivity contribution in [3.8, 4) is 0 Å². The molecule has 1 aliphatic rings. The number of allylic oxidation sites excluding steroid dienone is 1. The minimum Gasteiger partial charge on any atom is -0.466 e. The number of hydrogen-bond donors (Lipinski definition) is 0. The van der Waals surface area contributed by atoms with E-state index >= 15 is 0 Å². The number of hydrogen-bond acceptors (Lipinski definition) is 5. The number of methoxy groups -OCH3 is 1. The first kappa shape index (κ1) is 20.6. The Labute approximate surface area is 186 Å². The standard InChI is InChI=1S/C22H16Cl2N2O3S/c1-12-18(21(28)29-2)19(13-6-4-3-5-7-13)26-20(27)17(30-22(26)25-12)10-14-8-9-15(23)11-16(14)24/h3-11,19H,1-2H3/b17-10+/t19-/m1/s1. The molecule has 1 aromatic heterocycles. The van der Waals surface area contributed by atoms with Crippen LogP contribution in [0.1, 0.15) is 24.1 Å². The predicted molar refractivity (Wildman–Crippen MR) is 119 cm³/mol. The fraction of sp³-hybridized carbons (Fsp3) is 0.136. The van der Waals surface area contributed by atoms with Gasteiger partial charge in [-0.05, 0) is 36.3 Å². The normalized spacial score (nSPS) is 16.3. The van der Waals surface area contributed by atoms with Gasteiger partial charge < -0.3 is 4.74 Å². The van der Waals surface area contributed by atoms with E-state index in [0.29, 0.717) is 36.2 Å². The van der Waals surface area contributed by atoms with Crippen molar-refractivity contribution < 1.29 is 9.53 Å². The van der Waals surface area contributed by atoms with Gasteiger partial charge in [-0.25, -0.2) is 9.79 Å². The molecule has 0 amide bonds. The van der Waals surface area contributed by atoms with Gasteiger partial charge in [-0.1, -0.05) is 70.9 Å². The van der Waals surface area contributed by atoms with Crippen LogP contribution in [0.4, 0.5) is 0 Å². The Morgan fingerprint density at radius 1 is 1.20 bits per heavy atom. The molecule has 152 valence electrons. The van der Waals surface area contributed by atoms with Crippen molar-refractivity contribution in [1.82, 2.24) is 4.57 Å². The molecule has 0 unspecified atom stereocenters. The van der Waals surface area contributed by atoms with Gasteiger partial charge >= 0.3 is 5.97 Å². The fourth-order valence-electron chi connectivity index (χ4n) is 3.40. The molecule has 0 fully saturated rings. The summed E-state index contributed by atoms with van der Waals surface area (Å²) in [6, 6.07) is 13.8. The van der Waals surface area contributed by atoms with Crippen LogP contribution in [0.2, 0.25) is 10.0 Å². The molecule has 8 heteroatoms. The van der Waals surface area contributed by atoms with Crippen LogP contribution >= 0.6 is 34.5 Å². The highest BCUT2D eigenvalue weighted by Gasteiger charge is 2.32. The Morgan fingerprint density at radius 3 is 2.60 bits per heavy atom. The first-order valence-corrected chi connectivity index (χ1v) is 10.6. The molecule has 2 heterocycles. The van der Waals surface area contributed by atoms with E-state index in [0.717, 1.165) is 5.56 Å². The van der Waals surface area contributed by atoms with E-state index in [9.17, 15) is 9.59 Å². The molecule has 0 saturated carbocycles. The lowest BCUT2D eigenvalue weighted by Gasteiger charge is -2.24. The monoisotopic (exact) mass is 458 g/mol. The minimum absolute atomic E-state index is 0.257. The molecule has 0 spiro atoms. The first-order chi connectivity index (χ1) is 14.4. The second kappa shape index (κ2) is 8.22. The van der Waals surface area contributed by atoms with E-state index < -0.39 is 12.0 Å². The van der Waals surface area contributed by atoms with E-state index in [-0.39, 0.29) is 5.56 Å². The minimum atomic E-state index is -0.627. The molecule has 0 N–H and O–H groups in total. The molecule has 5 nitrogen and oxygen atoms in total. The van der Waals surface area contributed by atoms with Crippen molar-refractivity contribution in [1.29, 1.82) is 0 Å². The maximum Gasteiger partial charge on any atom is 0.338 e. The molecule has 30 heavy (non-hydrogen) atoms. The molecule has 4 rings (SSSR count). The number of rotatable bonds is 3. The molecular formula is C22H16Cl2N2O3S. The Kier molecular flexibility index (Phi) is 5.64. The van der Waals surface area contributed by atoms with Crippen LogP contribution in [0.15, 0.2) is 69.6 Å². The predicted octanol–water partition coefficient (Wildman–Crippen LogP) is 3.72. The topological polar surface area (TPSA) is 60.7 Å². The third kappa shape index (κ3) is 3.62. The lowest BCUT2D eigenvalue weighted by molar-refractivity contribution is -0.136. The van der Waals surface area contributed by atoms with Crippen LogP contribution in [0.5, 0.6) is 0 Å². The number of fused-ring (bicyclic) bond motifs is 1. The molecule has 0 saturated heterocycles. The zero-order chi connectivity index (χ0) is 21.4. The van der Waals surface area contributed by atoms with E-state index in [1.54, 1.807) is 31.2 Å². The number of nitrogens with zero attached hydrogens (tertiary/aromatic N) is 2. The number of ether oxygens (including phenoxy) is 1. The zero-order valence-electron chi connectivity index (χ0n) is 16.1. The summed E-state index contributed by atoms with van der Waals surface area (Å²) in [5.41, 5.74) is 2.07. The maximum absolute atomic E-state index is 13.4. The number of thiazole rings is 1. The summed E-state index contributed by atoms with van der Waals surface area (Å²) >= 11 is 13.5. The van der Waals surface area contributed by atoms with E-state index in [1.165, 1.54) is 23.0 Å². The SMILES string of the molecule is COC(=O)C1=C(C)N=c2s/c(=C/c3ccc(Cl)cc3Cl)c(=O)n2[C@@H]1c1ccccc1. The van der Waals surface area contributed by atoms with Crippen molar-refractivity contribution in [2.24, 2.45) is 4.99 Å². The van der Waals surface area contributed by atoms with Crippen LogP contribution < -0.4 is 14.9 Å². The van der Waals surface area contributed by atoms with Crippen molar-refractivity contribution in [3.63, 3.8) is 0 Å². The summed E-state index contributed by atoms with van der Waals surface area (Å²) in [6.07, 6.45) is 1.71. The highest BCUT2D eigenvalue weighted by molar-refractivity contribution is 7.07. The quantitative estimate of drug-likeness (QED) is 0.561. The van der Waals surface area contributed by atoms with Gasteiger partial charge in [0.15, 0.2) is 4.80 Å².